The summed E-state index contributed by atoms with van der Waals surface area (Å²) < 4.78 is 26.9. The Bertz CT molecular complexity index is 985. The molecule has 28 heavy (non-hydrogen) atoms. The van der Waals surface area contributed by atoms with Gasteiger partial charge in [-0.1, -0.05) is 6.07 Å². The lowest BCUT2D eigenvalue weighted by Crippen LogP contribution is -2.31. The van der Waals surface area contributed by atoms with Crippen molar-refractivity contribution in [2.24, 2.45) is 0 Å². The molecule has 0 saturated heterocycles. The molecule has 0 saturated carbocycles. The zero-order valence-corrected chi connectivity index (χ0v) is 16.1. The number of amides is 2. The average molecular weight is 400 g/mol. The summed E-state index contributed by atoms with van der Waals surface area (Å²) in [6, 6.07) is 9.47. The van der Waals surface area contributed by atoms with Crippen LogP contribution in [0.1, 0.15) is 24.1 Å². The number of carbonyl (C=O) groups excluding carboxylic acids is 1. The molecule has 1 heterocycles. The van der Waals surface area contributed by atoms with Crippen molar-refractivity contribution in [1.29, 1.82) is 0 Å². The van der Waals surface area contributed by atoms with Gasteiger partial charge in [-0.3, -0.25) is 0 Å². The quantitative estimate of drug-likeness (QED) is 0.585. The summed E-state index contributed by atoms with van der Waals surface area (Å²) in [7, 11) is 0. The van der Waals surface area contributed by atoms with E-state index in [2.05, 4.69) is 20.6 Å². The Morgan fingerprint density at radius 2 is 1.86 bits per heavy atom. The number of rotatable bonds is 5. The van der Waals surface area contributed by atoms with Crippen LogP contribution in [-0.2, 0) is 0 Å². The monoisotopic (exact) mass is 400 g/mol. The van der Waals surface area contributed by atoms with Crippen LogP contribution in [0.5, 0.6) is 0 Å². The lowest BCUT2D eigenvalue weighted by molar-refractivity contribution is 0.249. The summed E-state index contributed by atoms with van der Waals surface area (Å²) >= 11 is 1.42. The fourth-order valence-electron chi connectivity index (χ4n) is 2.57. The predicted octanol–water partition coefficient (Wildman–Crippen LogP) is 5.10. The molecular weight excluding hydrogens is 382 g/mol. The molecule has 3 aromatic rings. The van der Waals surface area contributed by atoms with E-state index in [0.29, 0.717) is 10.8 Å². The Kier molecular flexibility index (Phi) is 6.20. The van der Waals surface area contributed by atoms with Gasteiger partial charge in [-0.25, -0.2) is 23.5 Å². The molecule has 2 N–H and O–H groups in total. The Hall–Kier alpha value is -3.00. The summed E-state index contributed by atoms with van der Waals surface area (Å²) in [5.41, 5.74) is 1.70. The van der Waals surface area contributed by atoms with Gasteiger partial charge in [0.25, 0.3) is 0 Å². The van der Waals surface area contributed by atoms with Gasteiger partial charge in [0.2, 0.25) is 0 Å². The second-order valence-electron chi connectivity index (χ2n) is 6.10. The molecule has 0 aliphatic carbocycles. The van der Waals surface area contributed by atoms with E-state index >= 15 is 0 Å². The maximum atomic E-state index is 13.8. The van der Waals surface area contributed by atoms with Gasteiger partial charge in [-0.15, -0.1) is 0 Å². The van der Waals surface area contributed by atoms with Gasteiger partial charge in [0, 0.05) is 34.6 Å². The molecule has 0 radical (unpaired) electrons. The second kappa shape index (κ2) is 8.79. The number of aromatic nitrogens is 2. The fraction of sp³-hybridized carbons (Fsp3) is 0.150. The van der Waals surface area contributed by atoms with Crippen LogP contribution in [-0.4, -0.2) is 16.0 Å². The van der Waals surface area contributed by atoms with Crippen molar-refractivity contribution in [3.63, 3.8) is 0 Å². The number of aryl methyl sites for hydroxylation is 1. The molecule has 144 valence electrons. The molecule has 5 nitrogen and oxygen atoms in total. The minimum atomic E-state index is -0.700. The second-order valence-corrected chi connectivity index (χ2v) is 7.14. The molecule has 0 fully saturated rings. The highest BCUT2D eigenvalue weighted by molar-refractivity contribution is 7.99. The van der Waals surface area contributed by atoms with Gasteiger partial charge in [-0.2, -0.15) is 0 Å². The van der Waals surface area contributed by atoms with Crippen molar-refractivity contribution in [3.8, 4) is 0 Å². The number of benzene rings is 2. The highest BCUT2D eigenvalue weighted by Gasteiger charge is 2.15. The highest BCUT2D eigenvalue weighted by atomic mass is 32.2. The first-order valence-electron chi connectivity index (χ1n) is 8.50. The number of urea groups is 1. The largest absolute Gasteiger partial charge is 0.331 e. The lowest BCUT2D eigenvalue weighted by Gasteiger charge is -2.17. The molecule has 0 bridgehead atoms. The Balaban J connectivity index is 1.63. The van der Waals surface area contributed by atoms with Gasteiger partial charge < -0.3 is 10.6 Å². The van der Waals surface area contributed by atoms with Crippen LogP contribution in [0.25, 0.3) is 0 Å². The third-order valence-corrected chi connectivity index (χ3v) is 4.86. The van der Waals surface area contributed by atoms with Crippen LogP contribution in [0.3, 0.4) is 0 Å². The third kappa shape index (κ3) is 5.04. The van der Waals surface area contributed by atoms with Crippen molar-refractivity contribution in [2.75, 3.05) is 5.32 Å². The maximum absolute atomic E-state index is 13.8. The standard InChI is InChI=1S/C20H18F2N4OS/c1-12-10-15(28-20-23-8-3-9-24-20)5-7-18(12)26-19(27)25-13(2)16-6-4-14(21)11-17(16)22/h3-11,13H,1-2H3,(H2,25,26,27). The zero-order chi connectivity index (χ0) is 20.1. The smallest absolute Gasteiger partial charge is 0.319 e. The normalized spacial score (nSPS) is 11.7. The van der Waals surface area contributed by atoms with Crippen LogP contribution in [0.4, 0.5) is 19.3 Å². The summed E-state index contributed by atoms with van der Waals surface area (Å²) in [4.78, 5) is 21.5. The van der Waals surface area contributed by atoms with Crippen LogP contribution < -0.4 is 10.6 Å². The molecule has 0 aliphatic heterocycles. The van der Waals surface area contributed by atoms with E-state index in [1.807, 2.05) is 19.1 Å². The van der Waals surface area contributed by atoms with Gasteiger partial charge in [0.05, 0.1) is 6.04 Å². The van der Waals surface area contributed by atoms with Gasteiger partial charge in [0.1, 0.15) is 11.6 Å². The van der Waals surface area contributed by atoms with Crippen molar-refractivity contribution in [1.82, 2.24) is 15.3 Å². The van der Waals surface area contributed by atoms with Crippen LogP contribution in [0.15, 0.2) is 64.9 Å². The predicted molar refractivity (Wildman–Crippen MR) is 104 cm³/mol. The fourth-order valence-corrected chi connectivity index (χ4v) is 3.38. The molecule has 0 aliphatic rings. The van der Waals surface area contributed by atoms with Crippen molar-refractivity contribution >= 4 is 23.5 Å². The molecule has 2 amide bonds. The minimum Gasteiger partial charge on any atom is -0.331 e. The van der Waals surface area contributed by atoms with E-state index in [1.165, 1.54) is 17.8 Å². The molecular formula is C20H18F2N4OS. The third-order valence-electron chi connectivity index (χ3n) is 3.97. The molecule has 2 aromatic carbocycles. The maximum Gasteiger partial charge on any atom is 0.319 e. The first-order chi connectivity index (χ1) is 13.4. The number of carbonyl (C=O) groups is 1. The van der Waals surface area contributed by atoms with Gasteiger partial charge >= 0.3 is 6.03 Å². The van der Waals surface area contributed by atoms with E-state index in [-0.39, 0.29) is 5.56 Å². The number of hydrogen-bond acceptors (Lipinski definition) is 4. The topological polar surface area (TPSA) is 66.9 Å². The summed E-state index contributed by atoms with van der Waals surface area (Å²) in [6.07, 6.45) is 3.35. The minimum absolute atomic E-state index is 0.211. The number of nitrogens with zero attached hydrogens (tertiary/aromatic N) is 2. The zero-order valence-electron chi connectivity index (χ0n) is 15.2. The highest BCUT2D eigenvalue weighted by Crippen LogP contribution is 2.28. The first kappa shape index (κ1) is 19.8. The average Bonchev–Trinajstić information content (AvgIpc) is 2.64. The van der Waals surface area contributed by atoms with Crippen molar-refractivity contribution in [3.05, 3.63) is 77.6 Å². The number of anilines is 1. The van der Waals surface area contributed by atoms with Gasteiger partial charge in [0.15, 0.2) is 5.16 Å². The van der Waals surface area contributed by atoms with E-state index in [1.54, 1.807) is 31.5 Å². The Morgan fingerprint density at radius 3 is 2.54 bits per heavy atom. The molecule has 0 spiro atoms. The Labute approximate surface area is 165 Å². The summed E-state index contributed by atoms with van der Waals surface area (Å²) in [6.45, 7) is 3.50. The molecule has 1 atom stereocenters. The van der Waals surface area contributed by atoms with Crippen LogP contribution in [0, 0.1) is 18.6 Å². The van der Waals surface area contributed by atoms with Gasteiger partial charge in [-0.05, 0) is 61.5 Å². The summed E-state index contributed by atoms with van der Waals surface area (Å²) in [5, 5.41) is 6.03. The molecule has 8 heteroatoms. The lowest BCUT2D eigenvalue weighted by atomic mass is 10.1. The van der Waals surface area contributed by atoms with Crippen LogP contribution in [0.2, 0.25) is 0 Å². The van der Waals surface area contributed by atoms with E-state index in [0.717, 1.165) is 22.6 Å². The molecule has 3 rings (SSSR count). The summed E-state index contributed by atoms with van der Waals surface area (Å²) in [5.74, 6) is -1.36. The van der Waals surface area contributed by atoms with E-state index in [4.69, 9.17) is 0 Å². The number of nitrogens with one attached hydrogen (secondary N) is 2. The molecule has 1 aromatic heterocycles. The molecule has 1 unspecified atom stereocenters. The van der Waals surface area contributed by atoms with Crippen molar-refractivity contribution < 1.29 is 13.6 Å². The number of hydrogen-bond donors (Lipinski definition) is 2. The SMILES string of the molecule is Cc1cc(Sc2ncccn2)ccc1NC(=O)NC(C)c1ccc(F)cc1F. The number of halogens is 2. The van der Waals surface area contributed by atoms with Crippen LogP contribution >= 0.6 is 11.8 Å². The Morgan fingerprint density at radius 1 is 1.11 bits per heavy atom. The first-order valence-corrected chi connectivity index (χ1v) is 9.32. The van der Waals surface area contributed by atoms with E-state index in [9.17, 15) is 13.6 Å². The van der Waals surface area contributed by atoms with E-state index < -0.39 is 23.7 Å². The van der Waals surface area contributed by atoms with Crippen molar-refractivity contribution in [2.45, 2.75) is 29.9 Å².